The molecule has 1 heterocycles. The molecule has 0 saturated carbocycles. The molecule has 1 aromatic heterocycles. The molecule has 0 aliphatic heterocycles. The number of halogens is 1. The van der Waals surface area contributed by atoms with Crippen LogP contribution in [0.3, 0.4) is 0 Å². The minimum absolute atomic E-state index is 0.320. The van der Waals surface area contributed by atoms with E-state index in [-0.39, 0.29) is 0 Å². The third-order valence-electron chi connectivity index (χ3n) is 2.67. The number of benzene rings is 1. The van der Waals surface area contributed by atoms with E-state index >= 15 is 0 Å². The van der Waals surface area contributed by atoms with E-state index in [2.05, 4.69) is 10.3 Å². The van der Waals surface area contributed by atoms with E-state index in [4.69, 9.17) is 21.1 Å². The Morgan fingerprint density at radius 2 is 2.24 bits per heavy atom. The second-order valence-corrected chi connectivity index (χ2v) is 5.75. The van der Waals surface area contributed by atoms with Crippen LogP contribution in [0.15, 0.2) is 18.2 Å². The number of methoxy groups -OCH3 is 1. The predicted octanol–water partition coefficient (Wildman–Crippen LogP) is 4.03. The number of esters is 1. The number of ether oxygens (including phenoxy) is 2. The van der Waals surface area contributed by atoms with Gasteiger partial charge < -0.3 is 14.8 Å². The zero-order valence-electron chi connectivity index (χ0n) is 11.9. The van der Waals surface area contributed by atoms with Crippen LogP contribution in [-0.4, -0.2) is 24.7 Å². The van der Waals surface area contributed by atoms with E-state index in [1.807, 2.05) is 6.92 Å². The van der Waals surface area contributed by atoms with Gasteiger partial charge in [-0.15, -0.1) is 11.3 Å². The molecule has 0 aliphatic rings. The van der Waals surface area contributed by atoms with Gasteiger partial charge in [-0.1, -0.05) is 11.6 Å². The van der Waals surface area contributed by atoms with Crippen molar-refractivity contribution in [3.05, 3.63) is 33.8 Å². The lowest BCUT2D eigenvalue weighted by atomic mass is 10.3. The molecule has 0 spiro atoms. The molecule has 0 radical (unpaired) electrons. The van der Waals surface area contributed by atoms with Crippen LogP contribution in [0.25, 0.3) is 0 Å². The van der Waals surface area contributed by atoms with Gasteiger partial charge in [0.1, 0.15) is 5.75 Å². The van der Waals surface area contributed by atoms with Crippen molar-refractivity contribution < 1.29 is 14.3 Å². The van der Waals surface area contributed by atoms with Gasteiger partial charge >= 0.3 is 5.97 Å². The average Bonchev–Trinajstić information content (AvgIpc) is 2.80. The van der Waals surface area contributed by atoms with Crippen molar-refractivity contribution in [1.82, 2.24) is 4.98 Å². The molecule has 0 bridgehead atoms. The fraction of sp³-hybridized carbons (Fsp3) is 0.286. The Kier molecular flexibility index (Phi) is 5.03. The summed E-state index contributed by atoms with van der Waals surface area (Å²) in [5, 5.41) is 4.27. The number of rotatable bonds is 5. The molecule has 1 aromatic carbocycles. The number of thiazole rings is 1. The lowest BCUT2D eigenvalue weighted by Crippen LogP contribution is -2.06. The van der Waals surface area contributed by atoms with Crippen molar-refractivity contribution in [1.29, 1.82) is 0 Å². The summed E-state index contributed by atoms with van der Waals surface area (Å²) in [5.74, 6) is 0.224. The number of carbonyl (C=O) groups is 1. The van der Waals surface area contributed by atoms with E-state index in [0.29, 0.717) is 33.9 Å². The molecule has 112 valence electrons. The molecule has 0 unspecified atom stereocenters. The number of nitrogens with one attached hydrogen (secondary N) is 1. The summed E-state index contributed by atoms with van der Waals surface area (Å²) >= 11 is 7.35. The van der Waals surface area contributed by atoms with Crippen LogP contribution in [0.1, 0.15) is 22.3 Å². The molecule has 21 heavy (non-hydrogen) atoms. The average molecular weight is 327 g/mol. The lowest BCUT2D eigenvalue weighted by Gasteiger charge is -2.09. The molecule has 0 saturated heterocycles. The third-order valence-corrected chi connectivity index (χ3v) is 3.79. The van der Waals surface area contributed by atoms with E-state index in [1.165, 1.54) is 11.3 Å². The summed E-state index contributed by atoms with van der Waals surface area (Å²) in [4.78, 5) is 16.8. The lowest BCUT2D eigenvalue weighted by molar-refractivity contribution is 0.0519. The first-order chi connectivity index (χ1) is 10.0. The van der Waals surface area contributed by atoms with Gasteiger partial charge in [-0.3, -0.25) is 0 Å². The van der Waals surface area contributed by atoms with Gasteiger partial charge in [-0.05, 0) is 32.0 Å². The maximum absolute atomic E-state index is 11.8. The normalized spacial score (nSPS) is 10.3. The van der Waals surface area contributed by atoms with Crippen molar-refractivity contribution >= 4 is 39.7 Å². The number of hydrogen-bond acceptors (Lipinski definition) is 6. The Morgan fingerprint density at radius 1 is 1.48 bits per heavy atom. The molecule has 2 rings (SSSR count). The molecule has 0 fully saturated rings. The zero-order chi connectivity index (χ0) is 15.4. The Balaban J connectivity index is 2.26. The van der Waals surface area contributed by atoms with Crippen molar-refractivity contribution in [2.24, 2.45) is 0 Å². The predicted molar refractivity (Wildman–Crippen MR) is 84.1 cm³/mol. The van der Waals surface area contributed by atoms with Gasteiger partial charge in [0.05, 0.1) is 19.4 Å². The van der Waals surface area contributed by atoms with Crippen LogP contribution in [0.2, 0.25) is 5.02 Å². The monoisotopic (exact) mass is 326 g/mol. The minimum Gasteiger partial charge on any atom is -0.495 e. The van der Waals surface area contributed by atoms with E-state index in [0.717, 1.165) is 4.88 Å². The quantitative estimate of drug-likeness (QED) is 0.840. The van der Waals surface area contributed by atoms with Crippen LogP contribution >= 0.6 is 22.9 Å². The van der Waals surface area contributed by atoms with Gasteiger partial charge in [-0.2, -0.15) is 0 Å². The number of aromatic nitrogens is 1. The van der Waals surface area contributed by atoms with Crippen LogP contribution in [-0.2, 0) is 4.74 Å². The Morgan fingerprint density at radius 3 is 2.90 bits per heavy atom. The minimum atomic E-state index is -0.419. The first kappa shape index (κ1) is 15.6. The van der Waals surface area contributed by atoms with Crippen molar-refractivity contribution in [2.75, 3.05) is 19.0 Å². The molecule has 1 N–H and O–H groups in total. The van der Waals surface area contributed by atoms with E-state index in [1.54, 1.807) is 32.2 Å². The Bertz CT molecular complexity index is 658. The Hall–Kier alpha value is -1.79. The highest BCUT2D eigenvalue weighted by Gasteiger charge is 2.17. The molecule has 0 atom stereocenters. The third kappa shape index (κ3) is 3.65. The highest BCUT2D eigenvalue weighted by Crippen LogP contribution is 2.32. The van der Waals surface area contributed by atoms with E-state index in [9.17, 15) is 4.79 Å². The topological polar surface area (TPSA) is 60.5 Å². The van der Waals surface area contributed by atoms with Gasteiger partial charge in [0, 0.05) is 9.90 Å². The van der Waals surface area contributed by atoms with Gasteiger partial charge in [0.2, 0.25) is 0 Å². The standard InChI is InChI=1S/C14H15ClN2O3S/c1-4-20-13(18)12-8(2)21-14(17-12)16-10-7-9(15)5-6-11(10)19-3/h5-7H,4H2,1-3H3,(H,16,17). The maximum atomic E-state index is 11.8. The summed E-state index contributed by atoms with van der Waals surface area (Å²) in [5.41, 5.74) is 1.01. The van der Waals surface area contributed by atoms with Gasteiger partial charge in [0.15, 0.2) is 10.8 Å². The van der Waals surface area contributed by atoms with Crippen LogP contribution in [0, 0.1) is 6.92 Å². The Labute approximate surface area is 131 Å². The highest BCUT2D eigenvalue weighted by atomic mass is 35.5. The zero-order valence-corrected chi connectivity index (χ0v) is 13.5. The summed E-state index contributed by atoms with van der Waals surface area (Å²) in [6.45, 7) is 3.90. The van der Waals surface area contributed by atoms with Crippen LogP contribution in [0.4, 0.5) is 10.8 Å². The van der Waals surface area contributed by atoms with Crippen molar-refractivity contribution in [3.63, 3.8) is 0 Å². The van der Waals surface area contributed by atoms with Crippen LogP contribution < -0.4 is 10.1 Å². The fourth-order valence-electron chi connectivity index (χ4n) is 1.73. The second kappa shape index (κ2) is 6.78. The summed E-state index contributed by atoms with van der Waals surface area (Å²) in [6, 6.07) is 5.24. The van der Waals surface area contributed by atoms with Gasteiger partial charge in [0.25, 0.3) is 0 Å². The molecule has 0 aliphatic carbocycles. The first-order valence-electron chi connectivity index (χ1n) is 6.30. The second-order valence-electron chi connectivity index (χ2n) is 4.11. The summed E-state index contributed by atoms with van der Waals surface area (Å²) in [6.07, 6.45) is 0. The molecular weight excluding hydrogens is 312 g/mol. The number of carbonyl (C=O) groups excluding carboxylic acids is 1. The fourth-order valence-corrected chi connectivity index (χ4v) is 2.72. The summed E-state index contributed by atoms with van der Waals surface area (Å²) < 4.78 is 10.2. The van der Waals surface area contributed by atoms with Crippen LogP contribution in [0.5, 0.6) is 5.75 Å². The molecular formula is C14H15ClN2O3S. The van der Waals surface area contributed by atoms with Gasteiger partial charge in [-0.25, -0.2) is 9.78 Å². The maximum Gasteiger partial charge on any atom is 0.358 e. The number of aryl methyl sites for hydroxylation is 1. The number of hydrogen-bond donors (Lipinski definition) is 1. The first-order valence-corrected chi connectivity index (χ1v) is 7.49. The van der Waals surface area contributed by atoms with Crippen molar-refractivity contribution in [3.8, 4) is 5.75 Å². The number of anilines is 2. The largest absolute Gasteiger partial charge is 0.495 e. The molecule has 2 aromatic rings. The molecule has 5 nitrogen and oxygen atoms in total. The van der Waals surface area contributed by atoms with Crippen molar-refractivity contribution in [2.45, 2.75) is 13.8 Å². The summed E-state index contributed by atoms with van der Waals surface area (Å²) in [7, 11) is 1.57. The molecule has 0 amide bonds. The smallest absolute Gasteiger partial charge is 0.358 e. The van der Waals surface area contributed by atoms with E-state index < -0.39 is 5.97 Å². The molecule has 7 heteroatoms. The highest BCUT2D eigenvalue weighted by molar-refractivity contribution is 7.15. The SMILES string of the molecule is CCOC(=O)c1nc(Nc2cc(Cl)ccc2OC)sc1C. The number of nitrogens with zero attached hydrogens (tertiary/aromatic N) is 1.